The van der Waals surface area contributed by atoms with E-state index in [2.05, 4.69) is 25.3 Å². The number of hydrogen-bond acceptors (Lipinski definition) is 6. The Hall–Kier alpha value is -3.67. The SMILES string of the molecule is Cc1csc2nc(NC(=O)N3c4nc(-c5cccc(C(F)(F)F)c5)ccc4N4CC[C@H]3C4)nn12. The number of alkyl halides is 3. The van der Waals surface area contributed by atoms with Crippen molar-refractivity contribution in [2.45, 2.75) is 25.6 Å². The Balaban J connectivity index is 1.37. The van der Waals surface area contributed by atoms with Crippen LogP contribution < -0.4 is 15.1 Å². The highest BCUT2D eigenvalue weighted by Crippen LogP contribution is 2.41. The molecule has 0 aliphatic carbocycles. The van der Waals surface area contributed by atoms with Gasteiger partial charge in [0.25, 0.3) is 5.95 Å². The number of thiazole rings is 1. The van der Waals surface area contributed by atoms with E-state index in [-0.39, 0.29) is 12.0 Å². The molecule has 34 heavy (non-hydrogen) atoms. The van der Waals surface area contributed by atoms with Gasteiger partial charge in [-0.05, 0) is 37.6 Å². The minimum Gasteiger partial charge on any atom is -0.366 e. The van der Waals surface area contributed by atoms with Crippen LogP contribution >= 0.6 is 11.3 Å². The van der Waals surface area contributed by atoms with Crippen LogP contribution in [0.4, 0.5) is 35.4 Å². The molecule has 174 valence electrons. The van der Waals surface area contributed by atoms with E-state index in [4.69, 9.17) is 0 Å². The Kier molecular flexibility index (Phi) is 4.56. The topological polar surface area (TPSA) is 78.7 Å². The van der Waals surface area contributed by atoms with E-state index in [1.165, 1.54) is 17.4 Å². The number of rotatable bonds is 2. The molecule has 8 nitrogen and oxygen atoms in total. The number of carbonyl (C=O) groups excluding carboxylic acids is 1. The highest BCUT2D eigenvalue weighted by molar-refractivity contribution is 7.15. The molecule has 1 fully saturated rings. The van der Waals surface area contributed by atoms with Gasteiger partial charge in [0, 0.05) is 24.0 Å². The summed E-state index contributed by atoms with van der Waals surface area (Å²) in [7, 11) is 0. The largest absolute Gasteiger partial charge is 0.416 e. The Morgan fingerprint density at radius 1 is 1.21 bits per heavy atom. The maximum absolute atomic E-state index is 13.4. The molecule has 4 aromatic rings. The molecule has 2 aliphatic heterocycles. The van der Waals surface area contributed by atoms with Gasteiger partial charge < -0.3 is 4.90 Å². The van der Waals surface area contributed by atoms with Gasteiger partial charge in [-0.3, -0.25) is 10.2 Å². The van der Waals surface area contributed by atoms with Crippen molar-refractivity contribution < 1.29 is 18.0 Å². The lowest BCUT2D eigenvalue weighted by atomic mass is 10.1. The number of carbonyl (C=O) groups is 1. The first-order valence-electron chi connectivity index (χ1n) is 10.6. The molecule has 0 spiro atoms. The van der Waals surface area contributed by atoms with Crippen LogP contribution in [-0.4, -0.2) is 44.7 Å². The van der Waals surface area contributed by atoms with Gasteiger partial charge in [0.05, 0.1) is 28.7 Å². The first-order valence-corrected chi connectivity index (χ1v) is 11.5. The van der Waals surface area contributed by atoms with Crippen LogP contribution in [0.25, 0.3) is 16.2 Å². The molecule has 0 radical (unpaired) electrons. The number of hydrogen-bond donors (Lipinski definition) is 1. The monoisotopic (exact) mass is 485 g/mol. The standard InChI is InChI=1S/C22H18F3N7OS/c1-12-11-34-21-28-19(29-32(12)21)27-20(33)31-15-7-8-30(10-15)17-6-5-16(26-18(17)31)13-3-2-4-14(9-13)22(23,24)25/h2-6,9,11,15H,7-8,10H2,1H3,(H,27,29,33)/t15-/m0/s1. The summed E-state index contributed by atoms with van der Waals surface area (Å²) in [6, 6.07) is 8.01. The molecule has 1 atom stereocenters. The van der Waals surface area contributed by atoms with Crippen LogP contribution in [0.5, 0.6) is 0 Å². The quantitative estimate of drug-likeness (QED) is 0.441. The number of fused-ring (bicyclic) bond motifs is 5. The van der Waals surface area contributed by atoms with Crippen molar-refractivity contribution in [3.8, 4) is 11.3 Å². The van der Waals surface area contributed by atoms with Crippen molar-refractivity contribution in [1.29, 1.82) is 0 Å². The molecule has 12 heteroatoms. The molecule has 0 saturated carbocycles. The van der Waals surface area contributed by atoms with E-state index in [1.807, 2.05) is 18.4 Å². The van der Waals surface area contributed by atoms with Crippen LogP contribution in [0.15, 0.2) is 41.8 Å². The zero-order valence-corrected chi connectivity index (χ0v) is 18.7. The van der Waals surface area contributed by atoms with E-state index < -0.39 is 17.8 Å². The summed E-state index contributed by atoms with van der Waals surface area (Å²) in [6.07, 6.45) is -3.70. The molecular weight excluding hydrogens is 467 g/mol. The molecule has 6 rings (SSSR count). The Morgan fingerprint density at radius 2 is 2.06 bits per heavy atom. The van der Waals surface area contributed by atoms with Crippen molar-refractivity contribution in [2.75, 3.05) is 28.2 Å². The number of aryl methyl sites for hydroxylation is 1. The Bertz CT molecular complexity index is 1430. The lowest BCUT2D eigenvalue weighted by Gasteiger charge is -2.35. The summed E-state index contributed by atoms with van der Waals surface area (Å²) >= 11 is 1.43. The summed E-state index contributed by atoms with van der Waals surface area (Å²) in [4.78, 5) is 26.8. The van der Waals surface area contributed by atoms with Gasteiger partial charge >= 0.3 is 12.2 Å². The second-order valence-electron chi connectivity index (χ2n) is 8.31. The first-order chi connectivity index (χ1) is 16.3. The van der Waals surface area contributed by atoms with Crippen molar-refractivity contribution in [3.63, 3.8) is 0 Å². The number of aromatic nitrogens is 4. The fourth-order valence-corrected chi connectivity index (χ4v) is 5.29. The Morgan fingerprint density at radius 3 is 2.85 bits per heavy atom. The average molecular weight is 485 g/mol. The number of urea groups is 1. The van der Waals surface area contributed by atoms with Gasteiger partial charge in [-0.25, -0.2) is 14.3 Å². The van der Waals surface area contributed by atoms with Crippen LogP contribution in [0.3, 0.4) is 0 Å². The fourth-order valence-electron chi connectivity index (χ4n) is 4.49. The number of benzene rings is 1. The summed E-state index contributed by atoms with van der Waals surface area (Å²) in [5.41, 5.74) is 1.63. The van der Waals surface area contributed by atoms with Gasteiger partial charge in [0.2, 0.25) is 4.96 Å². The van der Waals surface area contributed by atoms with Crippen molar-refractivity contribution in [1.82, 2.24) is 19.6 Å². The average Bonchev–Trinajstić information content (AvgIpc) is 3.50. The molecule has 1 N–H and O–H groups in total. The summed E-state index contributed by atoms with van der Waals surface area (Å²) < 4.78 is 41.3. The second kappa shape index (κ2) is 7.42. The van der Waals surface area contributed by atoms with Gasteiger partial charge in [0.15, 0.2) is 5.82 Å². The molecule has 1 aromatic carbocycles. The highest BCUT2D eigenvalue weighted by atomic mass is 32.1. The molecule has 2 aliphatic rings. The molecule has 2 amide bonds. The van der Waals surface area contributed by atoms with Crippen LogP contribution in [-0.2, 0) is 6.18 Å². The fraction of sp³-hybridized carbons (Fsp3) is 0.273. The number of pyridine rings is 1. The van der Waals surface area contributed by atoms with Gasteiger partial charge in [-0.1, -0.05) is 12.1 Å². The molecule has 1 saturated heterocycles. The normalized spacial score (nSPS) is 17.4. The number of anilines is 3. The summed E-state index contributed by atoms with van der Waals surface area (Å²) in [6.45, 7) is 3.33. The zero-order chi connectivity index (χ0) is 23.6. The second-order valence-corrected chi connectivity index (χ2v) is 9.15. The van der Waals surface area contributed by atoms with E-state index in [1.54, 1.807) is 21.5 Å². The van der Waals surface area contributed by atoms with Gasteiger partial charge in [-0.2, -0.15) is 18.2 Å². The lowest BCUT2D eigenvalue weighted by molar-refractivity contribution is -0.137. The lowest BCUT2D eigenvalue weighted by Crippen LogP contribution is -2.48. The van der Waals surface area contributed by atoms with Crippen LogP contribution in [0.1, 0.15) is 17.7 Å². The van der Waals surface area contributed by atoms with Crippen LogP contribution in [0.2, 0.25) is 0 Å². The summed E-state index contributed by atoms with van der Waals surface area (Å²) in [5, 5.41) is 9.04. The number of nitrogens with zero attached hydrogens (tertiary/aromatic N) is 6. The molecule has 5 heterocycles. The third kappa shape index (κ3) is 3.36. The maximum atomic E-state index is 13.4. The molecular formula is C22H18F3N7OS. The molecule has 3 aromatic heterocycles. The Labute approximate surface area is 195 Å². The van der Waals surface area contributed by atoms with Crippen molar-refractivity contribution >= 4 is 39.8 Å². The van der Waals surface area contributed by atoms with E-state index in [9.17, 15) is 18.0 Å². The maximum Gasteiger partial charge on any atom is 0.416 e. The van der Waals surface area contributed by atoms with E-state index in [0.29, 0.717) is 28.6 Å². The first kappa shape index (κ1) is 20.9. The zero-order valence-electron chi connectivity index (χ0n) is 17.9. The minimum absolute atomic E-state index is 0.109. The van der Waals surface area contributed by atoms with Crippen molar-refractivity contribution in [3.05, 3.63) is 53.0 Å². The smallest absolute Gasteiger partial charge is 0.366 e. The third-order valence-electron chi connectivity index (χ3n) is 6.12. The van der Waals surface area contributed by atoms with E-state index in [0.717, 1.165) is 36.5 Å². The van der Waals surface area contributed by atoms with Crippen LogP contribution in [0, 0.1) is 6.92 Å². The minimum atomic E-state index is -4.45. The predicted octanol–water partition coefficient (Wildman–Crippen LogP) is 4.81. The highest BCUT2D eigenvalue weighted by Gasteiger charge is 2.40. The number of amides is 2. The van der Waals surface area contributed by atoms with E-state index >= 15 is 0 Å². The number of nitrogens with one attached hydrogen (secondary N) is 1. The number of halogens is 3. The molecule has 2 bridgehead atoms. The van der Waals surface area contributed by atoms with Gasteiger partial charge in [-0.15, -0.1) is 16.4 Å². The predicted molar refractivity (Wildman–Crippen MR) is 122 cm³/mol. The van der Waals surface area contributed by atoms with Crippen molar-refractivity contribution in [2.24, 2.45) is 0 Å². The molecule has 0 unspecified atom stereocenters. The van der Waals surface area contributed by atoms with Gasteiger partial charge in [0.1, 0.15) is 0 Å². The third-order valence-corrected chi connectivity index (χ3v) is 7.06. The summed E-state index contributed by atoms with van der Waals surface area (Å²) in [5.74, 6) is 0.606.